The summed E-state index contributed by atoms with van der Waals surface area (Å²) in [6, 6.07) is 6.68. The molecule has 0 spiro atoms. The van der Waals surface area contributed by atoms with Gasteiger partial charge in [-0.1, -0.05) is 6.07 Å². The molecule has 2 N–H and O–H groups in total. The normalized spacial score (nSPS) is 18.1. The van der Waals surface area contributed by atoms with E-state index in [1.165, 1.54) is 23.7 Å². The maximum atomic E-state index is 4.81. The Morgan fingerprint density at radius 1 is 1.13 bits per heavy atom. The molecule has 2 aliphatic rings. The number of anilines is 2. The van der Waals surface area contributed by atoms with Crippen LogP contribution in [0.2, 0.25) is 0 Å². The predicted octanol–water partition coefficient (Wildman–Crippen LogP) is 2.82. The smallest absolute Gasteiger partial charge is 0.191 e. The summed E-state index contributed by atoms with van der Waals surface area (Å²) in [6.45, 7) is 7.23. The van der Waals surface area contributed by atoms with Crippen molar-refractivity contribution in [2.45, 2.75) is 45.1 Å². The van der Waals surface area contributed by atoms with Crippen molar-refractivity contribution in [1.29, 1.82) is 0 Å². The van der Waals surface area contributed by atoms with E-state index in [-0.39, 0.29) is 0 Å². The summed E-state index contributed by atoms with van der Waals surface area (Å²) in [5.41, 5.74) is 2.24. The Balaban J connectivity index is 1.19. The van der Waals surface area contributed by atoms with Crippen LogP contribution in [0.3, 0.4) is 0 Å². The molecule has 0 bridgehead atoms. The number of aromatic nitrogens is 2. The second kappa shape index (κ2) is 10.1. The number of aliphatic imine (C=N–C) groups is 1. The Morgan fingerprint density at radius 2 is 1.93 bits per heavy atom. The zero-order chi connectivity index (χ0) is 20.8. The minimum absolute atomic E-state index is 0.443. The zero-order valence-electron chi connectivity index (χ0n) is 18.1. The number of hydrogen-bond donors (Lipinski definition) is 2. The second-order valence-electron chi connectivity index (χ2n) is 8.11. The molecule has 0 radical (unpaired) electrons. The standard InChI is InChI=1S/C22H33N7S/c1-17-6-5-7-20(25-17)28-14-9-18(10-15-28)26-21(23-2)24-11-8-19-16-30-22(27-19)29-12-3-4-13-29/h5-7,16,18H,3-4,8-15H2,1-2H3,(H2,23,24,26). The monoisotopic (exact) mass is 427 g/mol. The average molecular weight is 428 g/mol. The van der Waals surface area contributed by atoms with Crippen molar-refractivity contribution in [2.24, 2.45) is 4.99 Å². The topological polar surface area (TPSA) is 68.7 Å². The van der Waals surface area contributed by atoms with Crippen LogP contribution in [0.1, 0.15) is 37.1 Å². The summed E-state index contributed by atoms with van der Waals surface area (Å²) in [7, 11) is 1.84. The Kier molecular flexibility index (Phi) is 7.04. The summed E-state index contributed by atoms with van der Waals surface area (Å²) in [5.74, 6) is 1.98. The van der Waals surface area contributed by atoms with Crippen LogP contribution in [-0.2, 0) is 6.42 Å². The maximum absolute atomic E-state index is 4.81. The highest BCUT2D eigenvalue weighted by Gasteiger charge is 2.21. The summed E-state index contributed by atoms with van der Waals surface area (Å²) >= 11 is 1.77. The van der Waals surface area contributed by atoms with Crippen molar-refractivity contribution in [3.8, 4) is 0 Å². The van der Waals surface area contributed by atoms with E-state index in [4.69, 9.17) is 4.98 Å². The van der Waals surface area contributed by atoms with E-state index in [0.717, 1.165) is 69.5 Å². The summed E-state index contributed by atoms with van der Waals surface area (Å²) in [4.78, 5) is 18.7. The van der Waals surface area contributed by atoms with Gasteiger partial charge < -0.3 is 20.4 Å². The SMILES string of the molecule is CN=C(NCCc1csc(N2CCCC2)n1)NC1CCN(c2cccc(C)n2)CC1. The molecule has 0 unspecified atom stereocenters. The molecule has 2 saturated heterocycles. The molecule has 30 heavy (non-hydrogen) atoms. The number of rotatable bonds is 6. The van der Waals surface area contributed by atoms with Gasteiger partial charge >= 0.3 is 0 Å². The van der Waals surface area contributed by atoms with E-state index in [0.29, 0.717) is 6.04 Å². The minimum Gasteiger partial charge on any atom is -0.356 e. The van der Waals surface area contributed by atoms with Gasteiger partial charge in [-0.2, -0.15) is 0 Å². The van der Waals surface area contributed by atoms with Gasteiger partial charge in [0.2, 0.25) is 0 Å². The third kappa shape index (κ3) is 5.41. The van der Waals surface area contributed by atoms with Crippen molar-refractivity contribution in [2.75, 3.05) is 49.6 Å². The van der Waals surface area contributed by atoms with Gasteiger partial charge in [-0.25, -0.2) is 9.97 Å². The molecule has 4 heterocycles. The quantitative estimate of drug-likeness (QED) is 0.546. The maximum Gasteiger partial charge on any atom is 0.191 e. The number of guanidine groups is 1. The molecule has 2 aromatic heterocycles. The number of nitrogens with one attached hydrogen (secondary N) is 2. The number of pyridine rings is 1. The van der Waals surface area contributed by atoms with Crippen LogP contribution >= 0.6 is 11.3 Å². The zero-order valence-corrected chi connectivity index (χ0v) is 18.9. The van der Waals surface area contributed by atoms with Crippen LogP contribution in [0.4, 0.5) is 10.9 Å². The minimum atomic E-state index is 0.443. The number of piperidine rings is 1. The fourth-order valence-corrected chi connectivity index (χ4v) is 5.03. The van der Waals surface area contributed by atoms with Crippen LogP contribution < -0.4 is 20.4 Å². The molecule has 0 aromatic carbocycles. The highest BCUT2D eigenvalue weighted by atomic mass is 32.1. The van der Waals surface area contributed by atoms with Crippen molar-refractivity contribution in [3.63, 3.8) is 0 Å². The Labute approximate surface area is 183 Å². The van der Waals surface area contributed by atoms with E-state index in [1.807, 2.05) is 20.0 Å². The molecule has 0 amide bonds. The van der Waals surface area contributed by atoms with Gasteiger partial charge in [0.15, 0.2) is 11.1 Å². The molecule has 0 aliphatic carbocycles. The van der Waals surface area contributed by atoms with Crippen LogP contribution in [0.5, 0.6) is 0 Å². The van der Waals surface area contributed by atoms with Crippen molar-refractivity contribution in [3.05, 3.63) is 35.0 Å². The highest BCUT2D eigenvalue weighted by molar-refractivity contribution is 7.13. The first-order valence-electron chi connectivity index (χ1n) is 11.1. The Hall–Kier alpha value is -2.35. The molecular weight excluding hydrogens is 394 g/mol. The van der Waals surface area contributed by atoms with Crippen molar-refractivity contribution in [1.82, 2.24) is 20.6 Å². The van der Waals surface area contributed by atoms with Gasteiger partial charge in [-0.3, -0.25) is 4.99 Å². The Morgan fingerprint density at radius 3 is 2.67 bits per heavy atom. The molecule has 0 saturated carbocycles. The lowest BCUT2D eigenvalue weighted by Gasteiger charge is -2.34. The summed E-state index contributed by atoms with van der Waals surface area (Å²) < 4.78 is 0. The third-order valence-electron chi connectivity index (χ3n) is 5.85. The largest absolute Gasteiger partial charge is 0.356 e. The van der Waals surface area contributed by atoms with Gasteiger partial charge in [0.25, 0.3) is 0 Å². The van der Waals surface area contributed by atoms with E-state index in [2.05, 4.69) is 47.9 Å². The van der Waals surface area contributed by atoms with Crippen LogP contribution in [0, 0.1) is 6.92 Å². The third-order valence-corrected chi connectivity index (χ3v) is 6.80. The van der Waals surface area contributed by atoms with Gasteiger partial charge in [0.05, 0.1) is 5.69 Å². The molecular formula is C22H33N7S. The van der Waals surface area contributed by atoms with Crippen molar-refractivity contribution >= 4 is 28.2 Å². The molecule has 2 fully saturated rings. The predicted molar refractivity (Wildman–Crippen MR) is 126 cm³/mol. The molecule has 4 rings (SSSR count). The number of hydrogen-bond acceptors (Lipinski definition) is 6. The lowest BCUT2D eigenvalue weighted by molar-refractivity contribution is 0.459. The highest BCUT2D eigenvalue weighted by Crippen LogP contribution is 2.24. The van der Waals surface area contributed by atoms with Gasteiger partial charge in [0, 0.05) is 63.3 Å². The lowest BCUT2D eigenvalue weighted by Crippen LogP contribution is -2.49. The fraction of sp³-hybridized carbons (Fsp3) is 0.591. The van der Waals surface area contributed by atoms with Crippen LogP contribution in [0.25, 0.3) is 0 Å². The van der Waals surface area contributed by atoms with E-state index in [9.17, 15) is 0 Å². The first kappa shape index (κ1) is 20.9. The van der Waals surface area contributed by atoms with Gasteiger partial charge in [0.1, 0.15) is 5.82 Å². The average Bonchev–Trinajstić information content (AvgIpc) is 3.45. The molecule has 162 valence electrons. The number of nitrogens with zero attached hydrogens (tertiary/aromatic N) is 5. The van der Waals surface area contributed by atoms with Gasteiger partial charge in [-0.05, 0) is 44.7 Å². The Bertz CT molecular complexity index is 836. The molecule has 2 aromatic rings. The summed E-state index contributed by atoms with van der Waals surface area (Å²) in [5, 5.41) is 10.4. The lowest BCUT2D eigenvalue weighted by atomic mass is 10.1. The molecule has 8 heteroatoms. The van der Waals surface area contributed by atoms with E-state index < -0.39 is 0 Å². The molecule has 0 atom stereocenters. The second-order valence-corrected chi connectivity index (χ2v) is 8.94. The fourth-order valence-electron chi connectivity index (χ4n) is 4.12. The van der Waals surface area contributed by atoms with Crippen LogP contribution in [-0.4, -0.2) is 61.7 Å². The van der Waals surface area contributed by atoms with Crippen molar-refractivity contribution < 1.29 is 0 Å². The number of aryl methyl sites for hydroxylation is 1. The summed E-state index contributed by atoms with van der Waals surface area (Å²) in [6.07, 6.45) is 5.67. The molecule has 7 nitrogen and oxygen atoms in total. The first-order valence-corrected chi connectivity index (χ1v) is 11.9. The van der Waals surface area contributed by atoms with Crippen LogP contribution in [0.15, 0.2) is 28.6 Å². The van der Waals surface area contributed by atoms with E-state index >= 15 is 0 Å². The number of thiazole rings is 1. The first-order chi connectivity index (χ1) is 14.7. The molecule has 2 aliphatic heterocycles. The van der Waals surface area contributed by atoms with Gasteiger partial charge in [-0.15, -0.1) is 11.3 Å². The van der Waals surface area contributed by atoms with E-state index in [1.54, 1.807) is 11.3 Å².